The summed E-state index contributed by atoms with van der Waals surface area (Å²) in [6.45, 7) is 5.52. The van der Waals surface area contributed by atoms with Crippen LogP contribution in [0, 0.1) is 5.41 Å². The summed E-state index contributed by atoms with van der Waals surface area (Å²) < 4.78 is 5.32. The summed E-state index contributed by atoms with van der Waals surface area (Å²) in [5, 5.41) is 4.28. The monoisotopic (exact) mass is 300 g/mol. The Kier molecular flexibility index (Phi) is 3.95. The van der Waals surface area contributed by atoms with E-state index in [2.05, 4.69) is 5.32 Å². The molecule has 3 aliphatic carbocycles. The first-order chi connectivity index (χ1) is 9.61. The van der Waals surface area contributed by atoms with Gasteiger partial charge in [0.25, 0.3) is 5.91 Å². The Morgan fingerprint density at radius 2 is 1.86 bits per heavy atom. The normalized spacial score (nSPS) is 31.1. The average Bonchev–Trinajstić information content (AvgIpc) is 2.33. The lowest BCUT2D eigenvalue weighted by atomic mass is 9.49. The molecule has 0 saturated heterocycles. The molecule has 0 spiro atoms. The summed E-state index contributed by atoms with van der Waals surface area (Å²) >= 11 is 0. The van der Waals surface area contributed by atoms with Gasteiger partial charge in [-0.2, -0.15) is 0 Å². The standard InChI is InChI=1S/C15H26N2O4.H2/c1-13(2,3)21-12(19)16-15-8-6-7-14(9-15,10-15)11(18)17(4)20-5;/h6-10H2,1-5H3,(H,16,19);1H. The van der Waals surface area contributed by atoms with Gasteiger partial charge in [-0.3, -0.25) is 9.63 Å². The van der Waals surface area contributed by atoms with Crippen LogP contribution in [0.15, 0.2) is 0 Å². The van der Waals surface area contributed by atoms with E-state index in [1.807, 2.05) is 20.8 Å². The van der Waals surface area contributed by atoms with Crippen molar-refractivity contribution in [3.05, 3.63) is 0 Å². The minimum Gasteiger partial charge on any atom is -0.444 e. The third kappa shape index (κ3) is 3.15. The van der Waals surface area contributed by atoms with E-state index in [4.69, 9.17) is 9.57 Å². The van der Waals surface area contributed by atoms with Crippen molar-refractivity contribution >= 4 is 12.0 Å². The van der Waals surface area contributed by atoms with Crippen LogP contribution < -0.4 is 5.32 Å². The maximum Gasteiger partial charge on any atom is 0.408 e. The highest BCUT2D eigenvalue weighted by molar-refractivity contribution is 5.84. The molecule has 1 N–H and O–H groups in total. The van der Waals surface area contributed by atoms with E-state index in [1.165, 1.54) is 12.2 Å². The van der Waals surface area contributed by atoms with Crippen LogP contribution in [-0.2, 0) is 14.4 Å². The predicted octanol–water partition coefficient (Wildman–Crippen LogP) is 2.48. The number of ether oxygens (including phenoxy) is 1. The molecule has 2 bridgehead atoms. The van der Waals surface area contributed by atoms with Crippen molar-refractivity contribution in [1.82, 2.24) is 10.4 Å². The second-order valence-corrected chi connectivity index (χ2v) is 7.38. The number of nitrogens with one attached hydrogen (secondary N) is 1. The number of carbonyl (C=O) groups excluding carboxylic acids is 2. The third-order valence-corrected chi connectivity index (χ3v) is 4.44. The van der Waals surface area contributed by atoms with Gasteiger partial charge in [-0.25, -0.2) is 9.86 Å². The molecule has 6 heteroatoms. The van der Waals surface area contributed by atoms with Crippen LogP contribution in [0.5, 0.6) is 0 Å². The van der Waals surface area contributed by atoms with Crippen molar-refractivity contribution in [3.63, 3.8) is 0 Å². The quantitative estimate of drug-likeness (QED) is 0.813. The molecule has 3 rings (SSSR count). The molecule has 3 fully saturated rings. The summed E-state index contributed by atoms with van der Waals surface area (Å²) in [5.41, 5.74) is -1.18. The molecule has 122 valence electrons. The number of amides is 2. The van der Waals surface area contributed by atoms with Gasteiger partial charge in [0, 0.05) is 14.0 Å². The Bertz CT molecular complexity index is 441. The molecular weight excluding hydrogens is 272 g/mol. The van der Waals surface area contributed by atoms with E-state index in [1.54, 1.807) is 7.05 Å². The summed E-state index contributed by atoms with van der Waals surface area (Å²) in [4.78, 5) is 29.4. The molecule has 0 radical (unpaired) electrons. The number of rotatable bonds is 3. The lowest BCUT2D eigenvalue weighted by Gasteiger charge is -2.59. The molecule has 0 aromatic rings. The SMILES string of the molecule is CON(C)C(=O)C12CCCC(NC(=O)OC(C)(C)C)(C1)C2.[HH]. The van der Waals surface area contributed by atoms with E-state index < -0.39 is 11.7 Å². The van der Waals surface area contributed by atoms with Crippen LogP contribution in [0.2, 0.25) is 0 Å². The van der Waals surface area contributed by atoms with E-state index in [0.29, 0.717) is 12.8 Å². The molecule has 0 heterocycles. The molecule has 0 aromatic carbocycles. The Labute approximate surface area is 127 Å². The van der Waals surface area contributed by atoms with Gasteiger partial charge in [0.2, 0.25) is 0 Å². The van der Waals surface area contributed by atoms with E-state index in [-0.39, 0.29) is 18.3 Å². The zero-order valence-electron chi connectivity index (χ0n) is 13.6. The van der Waals surface area contributed by atoms with Crippen molar-refractivity contribution in [2.24, 2.45) is 5.41 Å². The largest absolute Gasteiger partial charge is 0.444 e. The zero-order chi connectivity index (χ0) is 15.9. The number of alkyl carbamates (subject to hydrolysis) is 1. The topological polar surface area (TPSA) is 67.9 Å². The highest BCUT2D eigenvalue weighted by Crippen LogP contribution is 2.59. The fourth-order valence-electron chi connectivity index (χ4n) is 3.71. The molecule has 3 aliphatic rings. The first-order valence-corrected chi connectivity index (χ1v) is 7.45. The van der Waals surface area contributed by atoms with Crippen molar-refractivity contribution in [2.45, 2.75) is 64.0 Å². The Hall–Kier alpha value is -1.30. The van der Waals surface area contributed by atoms with Gasteiger partial charge in [0.1, 0.15) is 5.60 Å². The van der Waals surface area contributed by atoms with Crippen molar-refractivity contribution < 1.29 is 20.6 Å². The van der Waals surface area contributed by atoms with Crippen molar-refractivity contribution in [3.8, 4) is 0 Å². The van der Waals surface area contributed by atoms with Crippen molar-refractivity contribution in [1.29, 1.82) is 0 Å². The van der Waals surface area contributed by atoms with Gasteiger partial charge in [-0.15, -0.1) is 0 Å². The van der Waals surface area contributed by atoms with Crippen LogP contribution >= 0.6 is 0 Å². The molecule has 3 saturated carbocycles. The minimum atomic E-state index is -0.512. The Morgan fingerprint density at radius 3 is 2.38 bits per heavy atom. The fourth-order valence-corrected chi connectivity index (χ4v) is 3.71. The van der Waals surface area contributed by atoms with E-state index in [9.17, 15) is 9.59 Å². The fraction of sp³-hybridized carbons (Fsp3) is 0.867. The summed E-state index contributed by atoms with van der Waals surface area (Å²) in [7, 11) is 3.12. The molecule has 6 nitrogen and oxygen atoms in total. The van der Waals surface area contributed by atoms with Crippen LogP contribution in [0.3, 0.4) is 0 Å². The molecule has 21 heavy (non-hydrogen) atoms. The van der Waals surface area contributed by atoms with Crippen LogP contribution in [-0.4, -0.2) is 42.4 Å². The number of hydrogen-bond donors (Lipinski definition) is 1. The molecule has 0 atom stereocenters. The highest BCUT2D eigenvalue weighted by Gasteiger charge is 2.62. The van der Waals surface area contributed by atoms with E-state index in [0.717, 1.165) is 19.3 Å². The number of hydrogen-bond acceptors (Lipinski definition) is 4. The van der Waals surface area contributed by atoms with E-state index >= 15 is 0 Å². The maximum atomic E-state index is 12.4. The van der Waals surface area contributed by atoms with Crippen LogP contribution in [0.1, 0.15) is 54.3 Å². The lowest BCUT2D eigenvalue weighted by molar-refractivity contribution is -0.196. The van der Waals surface area contributed by atoms with Gasteiger partial charge in [0.15, 0.2) is 0 Å². The van der Waals surface area contributed by atoms with Crippen molar-refractivity contribution in [2.75, 3.05) is 14.2 Å². The molecular formula is C15H28N2O4. The second kappa shape index (κ2) is 5.16. The molecule has 0 aromatic heterocycles. The summed E-state index contributed by atoms with van der Waals surface area (Å²) in [6.07, 6.45) is 3.64. The Balaban J connectivity index is 0.00000242. The van der Waals surface area contributed by atoms with Crippen LogP contribution in [0.25, 0.3) is 0 Å². The van der Waals surface area contributed by atoms with Gasteiger partial charge in [-0.1, -0.05) is 6.42 Å². The third-order valence-electron chi connectivity index (χ3n) is 4.44. The zero-order valence-corrected chi connectivity index (χ0v) is 13.6. The first kappa shape index (κ1) is 16.1. The molecule has 0 unspecified atom stereocenters. The Morgan fingerprint density at radius 1 is 1.24 bits per heavy atom. The number of fused-ring (bicyclic) bond motifs is 2. The minimum absolute atomic E-state index is 0. The number of hydroxylamine groups is 2. The van der Waals surface area contributed by atoms with Crippen LogP contribution in [0.4, 0.5) is 4.79 Å². The summed E-state index contributed by atoms with van der Waals surface area (Å²) in [6, 6.07) is 0. The summed E-state index contributed by atoms with van der Waals surface area (Å²) in [5.74, 6) is 0.00585. The number of nitrogens with zero attached hydrogens (tertiary/aromatic N) is 1. The molecule has 0 aliphatic heterocycles. The van der Waals surface area contributed by atoms with Gasteiger partial charge in [0.05, 0.1) is 12.5 Å². The van der Waals surface area contributed by atoms with Gasteiger partial charge >= 0.3 is 6.09 Å². The van der Waals surface area contributed by atoms with Gasteiger partial charge in [-0.05, 0) is 46.5 Å². The highest BCUT2D eigenvalue weighted by atomic mass is 16.7. The lowest BCUT2D eigenvalue weighted by Crippen LogP contribution is -2.68. The molecule has 2 amide bonds. The first-order valence-electron chi connectivity index (χ1n) is 7.45. The smallest absolute Gasteiger partial charge is 0.408 e. The second-order valence-electron chi connectivity index (χ2n) is 7.38. The number of carbonyl (C=O) groups is 2. The average molecular weight is 300 g/mol. The maximum absolute atomic E-state index is 12.4. The predicted molar refractivity (Wildman–Crippen MR) is 79.5 cm³/mol. The van der Waals surface area contributed by atoms with Gasteiger partial charge < -0.3 is 10.1 Å².